The smallest absolute Gasteiger partial charge is 0.379 e. The number of carbonyl (C=O) groups is 2. The molecule has 2 aliphatic rings. The Bertz CT molecular complexity index is 1490. The molecule has 0 aliphatic carbocycles. The molecule has 2 aromatic heterocycles. The van der Waals surface area contributed by atoms with E-state index in [0.717, 1.165) is 57.1 Å². The summed E-state index contributed by atoms with van der Waals surface area (Å²) in [4.78, 5) is 40.0. The fourth-order valence-corrected chi connectivity index (χ4v) is 5.38. The van der Waals surface area contributed by atoms with Crippen LogP contribution in [0.5, 0.6) is 0 Å². The molecule has 0 unspecified atom stereocenters. The second-order valence-corrected chi connectivity index (χ2v) is 11.4. The van der Waals surface area contributed by atoms with Crippen LogP contribution in [0.3, 0.4) is 0 Å². The lowest BCUT2D eigenvalue weighted by molar-refractivity contribution is -0.142. The van der Waals surface area contributed by atoms with Crippen molar-refractivity contribution in [3.63, 3.8) is 0 Å². The van der Waals surface area contributed by atoms with Crippen molar-refractivity contribution in [1.29, 1.82) is 0 Å². The average molecular weight is 649 g/mol. The molecule has 13 nitrogen and oxygen atoms in total. The summed E-state index contributed by atoms with van der Waals surface area (Å²) < 4.78 is 48.3. The van der Waals surface area contributed by atoms with Crippen molar-refractivity contribution in [2.45, 2.75) is 17.8 Å². The average Bonchev–Trinajstić information content (AvgIpc) is 3.54. The first-order valence-electron chi connectivity index (χ1n) is 14.5. The SMILES string of the molecule is CSc1ncc(C(=O)Nc2cc(-n3cc(C(=O)NCCCN4CCOCC4)nn3)ccc2N2CCN(C)CC2)c(C(F)(F)F)n1. The van der Waals surface area contributed by atoms with Crippen molar-refractivity contribution >= 4 is 35.0 Å². The van der Waals surface area contributed by atoms with E-state index in [4.69, 9.17) is 4.74 Å². The summed E-state index contributed by atoms with van der Waals surface area (Å²) in [5, 5.41) is 13.5. The van der Waals surface area contributed by atoms with Crippen LogP contribution in [0.15, 0.2) is 35.7 Å². The largest absolute Gasteiger partial charge is 0.434 e. The highest BCUT2D eigenvalue weighted by molar-refractivity contribution is 7.98. The monoisotopic (exact) mass is 648 g/mol. The van der Waals surface area contributed by atoms with Crippen molar-refractivity contribution in [1.82, 2.24) is 40.1 Å². The lowest BCUT2D eigenvalue weighted by Gasteiger charge is -2.35. The molecule has 0 saturated carbocycles. The van der Waals surface area contributed by atoms with Crippen LogP contribution in [-0.2, 0) is 10.9 Å². The Morgan fingerprint density at radius 2 is 1.82 bits per heavy atom. The van der Waals surface area contributed by atoms with Gasteiger partial charge in [0.25, 0.3) is 11.8 Å². The van der Waals surface area contributed by atoms with Gasteiger partial charge in [-0.05, 0) is 44.5 Å². The van der Waals surface area contributed by atoms with Gasteiger partial charge >= 0.3 is 6.18 Å². The number of hydrogen-bond donors (Lipinski definition) is 2. The normalized spacial score (nSPS) is 16.5. The van der Waals surface area contributed by atoms with Crippen LogP contribution in [0.25, 0.3) is 5.69 Å². The highest BCUT2D eigenvalue weighted by Gasteiger charge is 2.38. The molecule has 2 N–H and O–H groups in total. The maximum absolute atomic E-state index is 13.9. The van der Waals surface area contributed by atoms with Gasteiger partial charge in [0, 0.05) is 52.0 Å². The fourth-order valence-electron chi connectivity index (χ4n) is 5.04. The fraction of sp³-hybridized carbons (Fsp3) is 0.500. The minimum Gasteiger partial charge on any atom is -0.379 e. The van der Waals surface area contributed by atoms with Gasteiger partial charge < -0.3 is 25.2 Å². The third-order valence-corrected chi connectivity index (χ3v) is 8.13. The van der Waals surface area contributed by atoms with Crippen molar-refractivity contribution in [2.24, 2.45) is 0 Å². The van der Waals surface area contributed by atoms with Gasteiger partial charge in [0.1, 0.15) is 0 Å². The minimum absolute atomic E-state index is 0.0953. The molecule has 5 rings (SSSR count). The molecule has 0 bridgehead atoms. The van der Waals surface area contributed by atoms with E-state index in [1.807, 2.05) is 7.05 Å². The topological polar surface area (TPSA) is 134 Å². The molecule has 3 aromatic rings. The summed E-state index contributed by atoms with van der Waals surface area (Å²) >= 11 is 0.945. The molecule has 2 aliphatic heterocycles. The van der Waals surface area contributed by atoms with Gasteiger partial charge in [-0.15, -0.1) is 5.10 Å². The predicted octanol–water partition coefficient (Wildman–Crippen LogP) is 2.25. The number of amides is 2. The molecular weight excluding hydrogens is 613 g/mol. The first-order valence-corrected chi connectivity index (χ1v) is 15.7. The van der Waals surface area contributed by atoms with Crippen LogP contribution in [0.2, 0.25) is 0 Å². The minimum atomic E-state index is -4.86. The highest BCUT2D eigenvalue weighted by atomic mass is 32.2. The van der Waals surface area contributed by atoms with Gasteiger partial charge in [-0.25, -0.2) is 14.6 Å². The molecule has 2 saturated heterocycles. The number of piperazine rings is 1. The zero-order valence-electron chi connectivity index (χ0n) is 25.0. The van der Waals surface area contributed by atoms with Crippen LogP contribution < -0.4 is 15.5 Å². The van der Waals surface area contributed by atoms with Crippen LogP contribution >= 0.6 is 11.8 Å². The summed E-state index contributed by atoms with van der Waals surface area (Å²) in [7, 11) is 2.00. The predicted molar refractivity (Wildman–Crippen MR) is 162 cm³/mol. The van der Waals surface area contributed by atoms with Gasteiger partial charge in [-0.3, -0.25) is 14.5 Å². The van der Waals surface area contributed by atoms with Crippen LogP contribution in [-0.4, -0.2) is 125 Å². The van der Waals surface area contributed by atoms with Gasteiger partial charge in [0.15, 0.2) is 16.5 Å². The summed E-state index contributed by atoms with van der Waals surface area (Å²) in [5.41, 5.74) is -0.539. The van der Waals surface area contributed by atoms with Crippen LogP contribution in [0, 0.1) is 0 Å². The molecule has 2 fully saturated rings. The van der Waals surface area contributed by atoms with Crippen molar-refractivity contribution in [2.75, 3.05) is 89.1 Å². The van der Waals surface area contributed by atoms with Gasteiger partial charge in [0.05, 0.1) is 42.0 Å². The second-order valence-electron chi connectivity index (χ2n) is 10.7. The molecule has 2 amide bonds. The molecule has 0 spiro atoms. The molecule has 45 heavy (non-hydrogen) atoms. The number of nitrogens with one attached hydrogen (secondary N) is 2. The van der Waals surface area contributed by atoms with Gasteiger partial charge in [-0.1, -0.05) is 17.0 Å². The van der Waals surface area contributed by atoms with Crippen molar-refractivity contribution in [3.05, 3.63) is 47.5 Å². The number of nitrogens with zero attached hydrogens (tertiary/aromatic N) is 8. The highest BCUT2D eigenvalue weighted by Crippen LogP contribution is 2.34. The maximum Gasteiger partial charge on any atom is 0.434 e. The lowest BCUT2D eigenvalue weighted by atomic mass is 10.1. The first kappa shape index (κ1) is 32.6. The third kappa shape index (κ3) is 8.27. The Hall–Kier alpha value is -3.80. The zero-order chi connectivity index (χ0) is 32.0. The molecule has 17 heteroatoms. The zero-order valence-corrected chi connectivity index (χ0v) is 25.8. The van der Waals surface area contributed by atoms with Gasteiger partial charge in [-0.2, -0.15) is 13.2 Å². The van der Waals surface area contributed by atoms with E-state index in [1.165, 1.54) is 10.9 Å². The number of benzene rings is 1. The maximum atomic E-state index is 13.9. The number of halogens is 3. The second kappa shape index (κ2) is 14.5. The van der Waals surface area contributed by atoms with Crippen LogP contribution in [0.1, 0.15) is 33.0 Å². The summed E-state index contributed by atoms with van der Waals surface area (Å²) in [6.07, 6.45) is -0.181. The van der Waals surface area contributed by atoms with Crippen molar-refractivity contribution in [3.8, 4) is 5.69 Å². The Morgan fingerprint density at radius 3 is 2.53 bits per heavy atom. The molecular formula is C28H35F3N10O3S. The quantitative estimate of drug-likeness (QED) is 0.191. The number of rotatable bonds is 10. The number of thioether (sulfide) groups is 1. The summed E-state index contributed by atoms with van der Waals surface area (Å²) in [6, 6.07) is 5.11. The van der Waals surface area contributed by atoms with E-state index >= 15 is 0 Å². The summed E-state index contributed by atoms with van der Waals surface area (Å²) in [5.74, 6) is -1.38. The van der Waals surface area contributed by atoms with Crippen molar-refractivity contribution < 1.29 is 27.5 Å². The number of ether oxygens (including phenoxy) is 1. The Morgan fingerprint density at radius 1 is 1.07 bits per heavy atom. The number of morpholine rings is 1. The first-order chi connectivity index (χ1) is 21.6. The molecule has 242 valence electrons. The standard InChI is InChI=1S/C28H35F3N10O3S/c1-38-8-10-40(11-9-38)23-5-4-19(16-21(23)34-25(42)20-17-33-27(45-2)35-24(20)28(29,30)31)41-18-22(36-37-41)26(43)32-6-3-7-39-12-14-44-15-13-39/h4-5,16-18H,3,6-15H2,1-2H3,(H,32,43)(H,34,42). The summed E-state index contributed by atoms with van der Waals surface area (Å²) in [6.45, 7) is 7.34. The van der Waals surface area contributed by atoms with E-state index in [-0.39, 0.29) is 22.4 Å². The van der Waals surface area contributed by atoms with Crippen LogP contribution in [0.4, 0.5) is 24.5 Å². The molecule has 1 aromatic carbocycles. The Kier molecular flexibility index (Phi) is 10.5. The number of alkyl halides is 3. The Labute approximate surface area is 262 Å². The Balaban J connectivity index is 1.34. The van der Waals surface area contributed by atoms with E-state index in [0.29, 0.717) is 44.2 Å². The van der Waals surface area contributed by atoms with Gasteiger partial charge in [0.2, 0.25) is 0 Å². The number of hydrogen-bond acceptors (Lipinski definition) is 11. The number of carbonyl (C=O) groups excluding carboxylic acids is 2. The third-order valence-electron chi connectivity index (χ3n) is 7.57. The lowest BCUT2D eigenvalue weighted by Crippen LogP contribution is -2.44. The number of aromatic nitrogens is 5. The van der Waals surface area contributed by atoms with E-state index in [1.54, 1.807) is 24.5 Å². The van der Waals surface area contributed by atoms with E-state index in [2.05, 4.69) is 45.6 Å². The number of anilines is 2. The number of likely N-dealkylation sites (N-methyl/N-ethyl adjacent to an activating group) is 1. The van der Waals surface area contributed by atoms with E-state index in [9.17, 15) is 22.8 Å². The van der Waals surface area contributed by atoms with E-state index < -0.39 is 23.3 Å². The molecule has 4 heterocycles. The molecule has 0 atom stereocenters. The molecule has 0 radical (unpaired) electrons.